The Kier molecular flexibility index (Phi) is 6.85. The minimum absolute atomic E-state index is 0.533. The quantitative estimate of drug-likeness (QED) is 0.468. The number of likely N-dealkylation sites (tertiary alicyclic amines) is 1. The summed E-state index contributed by atoms with van der Waals surface area (Å²) < 4.78 is 0. The first kappa shape index (κ1) is 22.5. The first-order chi connectivity index (χ1) is 14.9. The first-order valence-corrected chi connectivity index (χ1v) is 12.0. The van der Waals surface area contributed by atoms with Gasteiger partial charge in [-0.1, -0.05) is 37.3 Å². The largest absolute Gasteiger partial charge is 0.305 e. The summed E-state index contributed by atoms with van der Waals surface area (Å²) in [6, 6.07) is 12.0. The Morgan fingerprint density at radius 1 is 1.16 bits per heavy atom. The molecule has 0 N–H and O–H groups in total. The fourth-order valence-corrected chi connectivity index (χ4v) is 6.12. The van der Waals surface area contributed by atoms with Crippen LogP contribution in [0.2, 0.25) is 0 Å². The summed E-state index contributed by atoms with van der Waals surface area (Å²) in [5.74, 6) is 0. The lowest BCUT2D eigenvalue weighted by Crippen LogP contribution is -2.64. The molecule has 2 aliphatic heterocycles. The van der Waals surface area contributed by atoms with Crippen molar-refractivity contribution in [3.8, 4) is 0 Å². The van der Waals surface area contributed by atoms with Crippen molar-refractivity contribution in [2.75, 3.05) is 46.3 Å². The van der Waals surface area contributed by atoms with E-state index >= 15 is 0 Å². The van der Waals surface area contributed by atoms with Gasteiger partial charge in [0.25, 0.3) is 0 Å². The molecular weight excluding hydrogens is 382 g/mol. The van der Waals surface area contributed by atoms with Gasteiger partial charge in [0.05, 0.1) is 6.04 Å². The standard InChI is InChI=1S/C26H41N5/c1-6-24-18-29(17-23-10-8-7-9-11-23)12-13-30(24)16-21(2)22(3)31(27-4)25-14-26(15-25)19-28(5)20-26/h7-11,24-25H,4,6,12-20H2,1-3,5H3/b22-21-. The summed E-state index contributed by atoms with van der Waals surface area (Å²) in [6.45, 7) is 18.8. The average molecular weight is 424 g/mol. The molecule has 1 spiro atoms. The van der Waals surface area contributed by atoms with Crippen molar-refractivity contribution in [3.05, 3.63) is 47.2 Å². The number of benzene rings is 1. The van der Waals surface area contributed by atoms with Crippen LogP contribution in [-0.4, -0.2) is 84.8 Å². The summed E-state index contributed by atoms with van der Waals surface area (Å²) in [6.07, 6.45) is 3.72. The number of nitrogens with zero attached hydrogens (tertiary/aromatic N) is 5. The summed E-state index contributed by atoms with van der Waals surface area (Å²) in [5, 5.41) is 6.68. The number of rotatable bonds is 8. The zero-order chi connectivity index (χ0) is 22.0. The van der Waals surface area contributed by atoms with E-state index in [4.69, 9.17) is 0 Å². The second-order valence-corrected chi connectivity index (χ2v) is 10.3. The highest BCUT2D eigenvalue weighted by atomic mass is 15.5. The lowest BCUT2D eigenvalue weighted by atomic mass is 9.60. The van der Waals surface area contributed by atoms with E-state index in [1.165, 1.54) is 49.2 Å². The fraction of sp³-hybridized carbons (Fsp3) is 0.654. The molecule has 31 heavy (non-hydrogen) atoms. The van der Waals surface area contributed by atoms with E-state index in [1.807, 2.05) is 0 Å². The Hall–Kier alpha value is -1.69. The van der Waals surface area contributed by atoms with Crippen molar-refractivity contribution in [2.24, 2.45) is 10.5 Å². The minimum Gasteiger partial charge on any atom is -0.305 e. The van der Waals surface area contributed by atoms with Crippen LogP contribution in [0.1, 0.15) is 45.6 Å². The van der Waals surface area contributed by atoms with E-state index in [9.17, 15) is 0 Å². The molecular formula is C26H41N5. The predicted molar refractivity (Wildman–Crippen MR) is 130 cm³/mol. The summed E-state index contributed by atoms with van der Waals surface area (Å²) >= 11 is 0. The van der Waals surface area contributed by atoms with Gasteiger partial charge in [0.1, 0.15) is 0 Å². The highest BCUT2D eigenvalue weighted by molar-refractivity contribution is 5.25. The van der Waals surface area contributed by atoms with Gasteiger partial charge in [-0.2, -0.15) is 5.10 Å². The third-order valence-corrected chi connectivity index (χ3v) is 7.86. The van der Waals surface area contributed by atoms with Crippen LogP contribution < -0.4 is 0 Å². The van der Waals surface area contributed by atoms with Gasteiger partial charge in [-0.25, -0.2) is 0 Å². The predicted octanol–water partition coefficient (Wildman–Crippen LogP) is 3.89. The number of piperazine rings is 1. The Bertz CT molecular complexity index is 774. The van der Waals surface area contributed by atoms with Crippen molar-refractivity contribution < 1.29 is 0 Å². The van der Waals surface area contributed by atoms with Crippen LogP contribution in [0.25, 0.3) is 0 Å². The van der Waals surface area contributed by atoms with Crippen molar-refractivity contribution in [3.63, 3.8) is 0 Å². The normalized spacial score (nSPS) is 25.6. The van der Waals surface area contributed by atoms with Crippen LogP contribution >= 0.6 is 0 Å². The molecule has 4 rings (SSSR count). The van der Waals surface area contributed by atoms with Gasteiger partial charge >= 0.3 is 0 Å². The van der Waals surface area contributed by atoms with Crippen molar-refractivity contribution in [1.29, 1.82) is 0 Å². The smallest absolute Gasteiger partial charge is 0.0534 e. The van der Waals surface area contributed by atoms with Gasteiger partial charge in [0.15, 0.2) is 0 Å². The Balaban J connectivity index is 1.33. The molecule has 1 aromatic rings. The van der Waals surface area contributed by atoms with Gasteiger partial charge in [-0.15, -0.1) is 0 Å². The molecule has 3 fully saturated rings. The van der Waals surface area contributed by atoms with E-state index in [0.29, 0.717) is 17.5 Å². The molecule has 3 aliphatic rings. The van der Waals surface area contributed by atoms with E-state index in [1.54, 1.807) is 0 Å². The number of hydrogen-bond acceptors (Lipinski definition) is 5. The van der Waals surface area contributed by atoms with Crippen LogP contribution in [-0.2, 0) is 6.54 Å². The van der Waals surface area contributed by atoms with Crippen LogP contribution in [0, 0.1) is 5.41 Å². The summed E-state index contributed by atoms with van der Waals surface area (Å²) in [4.78, 5) is 7.73. The second-order valence-electron chi connectivity index (χ2n) is 10.3. The molecule has 0 radical (unpaired) electrons. The Morgan fingerprint density at radius 3 is 2.48 bits per heavy atom. The van der Waals surface area contributed by atoms with Gasteiger partial charge in [-0.05, 0) is 56.7 Å². The van der Waals surface area contributed by atoms with Crippen LogP contribution in [0.3, 0.4) is 0 Å². The van der Waals surface area contributed by atoms with Gasteiger partial charge in [0.2, 0.25) is 0 Å². The summed E-state index contributed by atoms with van der Waals surface area (Å²) in [5.41, 5.74) is 4.73. The topological polar surface area (TPSA) is 25.3 Å². The molecule has 170 valence electrons. The molecule has 1 saturated carbocycles. The van der Waals surface area contributed by atoms with E-state index in [2.05, 4.69) is 89.7 Å². The van der Waals surface area contributed by atoms with Crippen LogP contribution in [0.4, 0.5) is 0 Å². The summed E-state index contributed by atoms with van der Waals surface area (Å²) in [7, 11) is 2.22. The molecule has 2 saturated heterocycles. The Morgan fingerprint density at radius 2 is 1.87 bits per heavy atom. The van der Waals surface area contributed by atoms with E-state index < -0.39 is 0 Å². The second kappa shape index (κ2) is 9.43. The van der Waals surface area contributed by atoms with Gasteiger partial charge in [0, 0.05) is 64.3 Å². The highest BCUT2D eigenvalue weighted by Gasteiger charge is 2.53. The number of allylic oxidation sites excluding steroid dienone is 1. The number of hydrogen-bond donors (Lipinski definition) is 0. The molecule has 2 heterocycles. The third-order valence-electron chi connectivity index (χ3n) is 7.86. The lowest BCUT2D eigenvalue weighted by molar-refractivity contribution is -0.0912. The van der Waals surface area contributed by atoms with Crippen molar-refractivity contribution >= 4 is 6.72 Å². The monoisotopic (exact) mass is 423 g/mol. The number of hydrazone groups is 1. The molecule has 0 bridgehead atoms. The third kappa shape index (κ3) is 4.89. The van der Waals surface area contributed by atoms with E-state index in [-0.39, 0.29) is 0 Å². The maximum Gasteiger partial charge on any atom is 0.0534 e. The zero-order valence-corrected chi connectivity index (χ0v) is 20.1. The zero-order valence-electron chi connectivity index (χ0n) is 20.1. The maximum absolute atomic E-state index is 4.45. The van der Waals surface area contributed by atoms with Gasteiger partial charge in [-0.3, -0.25) is 14.8 Å². The highest BCUT2D eigenvalue weighted by Crippen LogP contribution is 2.50. The minimum atomic E-state index is 0.533. The molecule has 0 amide bonds. The molecule has 1 aromatic carbocycles. The lowest BCUT2D eigenvalue weighted by Gasteiger charge is -2.60. The SMILES string of the molecule is C=NN(/C(C)=C(/C)CN1CCN(Cc2ccccc2)CC1CC)C1CC2(C1)CN(C)C2. The van der Waals surface area contributed by atoms with Gasteiger partial charge < -0.3 is 4.90 Å². The van der Waals surface area contributed by atoms with E-state index in [0.717, 1.165) is 32.7 Å². The van der Waals surface area contributed by atoms with Crippen molar-refractivity contribution in [1.82, 2.24) is 19.7 Å². The first-order valence-electron chi connectivity index (χ1n) is 12.0. The average Bonchev–Trinajstić information content (AvgIpc) is 2.73. The molecule has 0 aromatic heterocycles. The fourth-order valence-electron chi connectivity index (χ4n) is 6.12. The van der Waals surface area contributed by atoms with Crippen LogP contribution in [0.15, 0.2) is 46.7 Å². The maximum atomic E-state index is 4.45. The molecule has 1 aliphatic carbocycles. The Labute approximate surface area is 189 Å². The molecule has 5 nitrogen and oxygen atoms in total. The van der Waals surface area contributed by atoms with Crippen LogP contribution in [0.5, 0.6) is 0 Å². The molecule has 1 atom stereocenters. The van der Waals surface area contributed by atoms with Crippen molar-refractivity contribution in [2.45, 2.75) is 58.7 Å². The molecule has 5 heteroatoms. The molecule has 1 unspecified atom stereocenters.